The van der Waals surface area contributed by atoms with Crippen molar-refractivity contribution in [3.63, 3.8) is 0 Å². The summed E-state index contributed by atoms with van der Waals surface area (Å²) in [6.07, 6.45) is 0.754. The number of carbonyl (C=O) groups is 1. The van der Waals surface area contributed by atoms with Gasteiger partial charge in [-0.15, -0.1) is 0 Å². The molecule has 0 aromatic heterocycles. The number of hydrogen-bond donors (Lipinski definition) is 0. The summed E-state index contributed by atoms with van der Waals surface area (Å²) in [5.74, 6) is 1.16. The highest BCUT2D eigenvalue weighted by Gasteiger charge is 2.29. The molecule has 0 fully saturated rings. The molecule has 0 saturated heterocycles. The number of rotatable bonds is 6. The number of amides is 1. The lowest BCUT2D eigenvalue weighted by Gasteiger charge is -2.28. The monoisotopic (exact) mass is 426 g/mol. The third kappa shape index (κ3) is 5.34. The fraction of sp³-hybridized carbons (Fsp3) is 0.417. The van der Waals surface area contributed by atoms with Gasteiger partial charge in [-0.05, 0) is 41.3 Å². The lowest BCUT2D eigenvalue weighted by molar-refractivity contribution is -0.135. The van der Waals surface area contributed by atoms with E-state index in [9.17, 15) is 9.18 Å². The minimum atomic E-state index is -0.294. The van der Waals surface area contributed by atoms with Crippen LogP contribution in [0.4, 0.5) is 4.39 Å². The molecule has 2 aromatic carbocycles. The lowest BCUT2D eigenvalue weighted by Crippen LogP contribution is -2.38. The third-order valence-electron chi connectivity index (χ3n) is 5.18. The van der Waals surface area contributed by atoms with E-state index in [4.69, 9.17) is 14.3 Å². The van der Waals surface area contributed by atoms with E-state index in [1.807, 2.05) is 39.0 Å². The fourth-order valence-corrected chi connectivity index (χ4v) is 3.65. The molecule has 0 saturated carbocycles. The van der Waals surface area contributed by atoms with E-state index in [0.717, 1.165) is 22.6 Å². The van der Waals surface area contributed by atoms with Crippen LogP contribution in [-0.4, -0.2) is 36.0 Å². The van der Waals surface area contributed by atoms with Crippen molar-refractivity contribution in [1.82, 2.24) is 4.90 Å². The molecule has 7 heteroatoms. The van der Waals surface area contributed by atoms with Crippen molar-refractivity contribution in [3.05, 3.63) is 59.4 Å². The Morgan fingerprint density at radius 2 is 1.87 bits per heavy atom. The van der Waals surface area contributed by atoms with Crippen LogP contribution in [0.3, 0.4) is 0 Å². The first-order valence-corrected chi connectivity index (χ1v) is 10.4. The van der Waals surface area contributed by atoms with Crippen LogP contribution in [0.15, 0.2) is 47.6 Å². The SMILES string of the molecule is CC(C)(C)CC(=O)N(Cc1ccc(F)cc1)C[C@H]1CC(c2ccc3c(c2)OCO3)=NO1. The lowest BCUT2D eigenvalue weighted by atomic mass is 9.91. The van der Waals surface area contributed by atoms with Crippen LogP contribution in [0, 0.1) is 11.2 Å². The standard InChI is InChI=1S/C24H27FN2O4/c1-24(2,3)12-23(28)27(13-16-4-7-18(25)8-5-16)14-19-11-20(26-31-19)17-6-9-21-22(10-17)30-15-29-21/h4-10,19H,11-15H2,1-3H3/t19-/m1/s1. The summed E-state index contributed by atoms with van der Waals surface area (Å²) in [7, 11) is 0. The van der Waals surface area contributed by atoms with Gasteiger partial charge in [0, 0.05) is 24.9 Å². The summed E-state index contributed by atoms with van der Waals surface area (Å²) in [5, 5.41) is 4.25. The number of halogens is 1. The molecule has 0 N–H and O–H groups in total. The predicted octanol–water partition coefficient (Wildman–Crippen LogP) is 4.51. The first-order chi connectivity index (χ1) is 14.8. The Labute approximate surface area is 181 Å². The number of benzene rings is 2. The molecule has 0 unspecified atom stereocenters. The zero-order valence-electron chi connectivity index (χ0n) is 18.1. The second-order valence-corrected chi connectivity index (χ2v) is 9.18. The van der Waals surface area contributed by atoms with Crippen molar-refractivity contribution < 1.29 is 23.5 Å². The van der Waals surface area contributed by atoms with E-state index < -0.39 is 0 Å². The van der Waals surface area contributed by atoms with Crippen LogP contribution >= 0.6 is 0 Å². The van der Waals surface area contributed by atoms with Gasteiger partial charge in [-0.1, -0.05) is 38.1 Å². The molecule has 164 valence electrons. The van der Waals surface area contributed by atoms with Crippen molar-refractivity contribution in [2.45, 2.75) is 46.3 Å². The fourth-order valence-electron chi connectivity index (χ4n) is 3.65. The molecule has 2 aliphatic heterocycles. The quantitative estimate of drug-likeness (QED) is 0.682. The van der Waals surface area contributed by atoms with Crippen molar-refractivity contribution in [3.8, 4) is 11.5 Å². The van der Waals surface area contributed by atoms with Crippen molar-refractivity contribution in [1.29, 1.82) is 0 Å². The molecule has 0 radical (unpaired) electrons. The molecular weight excluding hydrogens is 399 g/mol. The Bertz CT molecular complexity index is 982. The molecule has 0 bridgehead atoms. The molecule has 31 heavy (non-hydrogen) atoms. The highest BCUT2D eigenvalue weighted by Crippen LogP contribution is 2.34. The smallest absolute Gasteiger partial charge is 0.231 e. The number of hydrogen-bond acceptors (Lipinski definition) is 5. The molecular formula is C24H27FN2O4. The summed E-state index contributed by atoms with van der Waals surface area (Å²) < 4.78 is 24.1. The normalized spacial score (nSPS) is 17.3. The van der Waals surface area contributed by atoms with Gasteiger partial charge in [-0.3, -0.25) is 4.79 Å². The van der Waals surface area contributed by atoms with E-state index in [1.54, 1.807) is 17.0 Å². The molecule has 4 rings (SSSR count). The van der Waals surface area contributed by atoms with Gasteiger partial charge in [0.15, 0.2) is 17.6 Å². The Morgan fingerprint density at radius 3 is 2.61 bits per heavy atom. The molecule has 2 aliphatic rings. The summed E-state index contributed by atoms with van der Waals surface area (Å²) in [4.78, 5) is 20.5. The molecule has 0 spiro atoms. The highest BCUT2D eigenvalue weighted by molar-refractivity contribution is 6.01. The highest BCUT2D eigenvalue weighted by atomic mass is 19.1. The Balaban J connectivity index is 1.44. The number of nitrogens with zero attached hydrogens (tertiary/aromatic N) is 2. The van der Waals surface area contributed by atoms with Gasteiger partial charge in [-0.2, -0.15) is 0 Å². The zero-order chi connectivity index (χ0) is 22.0. The third-order valence-corrected chi connectivity index (χ3v) is 5.18. The number of ether oxygens (including phenoxy) is 2. The molecule has 1 amide bonds. The van der Waals surface area contributed by atoms with Crippen molar-refractivity contribution in [2.75, 3.05) is 13.3 Å². The van der Waals surface area contributed by atoms with Gasteiger partial charge in [0.05, 0.1) is 12.3 Å². The maximum Gasteiger partial charge on any atom is 0.231 e. The minimum absolute atomic E-state index is 0.0388. The minimum Gasteiger partial charge on any atom is -0.454 e. The number of oxime groups is 1. The van der Waals surface area contributed by atoms with E-state index in [2.05, 4.69) is 5.16 Å². The average Bonchev–Trinajstić information content (AvgIpc) is 3.36. The van der Waals surface area contributed by atoms with Crippen LogP contribution in [0.1, 0.15) is 44.7 Å². The summed E-state index contributed by atoms with van der Waals surface area (Å²) in [6, 6.07) is 11.9. The number of carbonyl (C=O) groups excluding carboxylic acids is 1. The molecule has 2 heterocycles. The first-order valence-electron chi connectivity index (χ1n) is 10.4. The van der Waals surface area contributed by atoms with E-state index >= 15 is 0 Å². The Kier molecular flexibility index (Phi) is 5.85. The van der Waals surface area contributed by atoms with Crippen LogP contribution < -0.4 is 9.47 Å². The van der Waals surface area contributed by atoms with Gasteiger partial charge in [0.1, 0.15) is 5.82 Å². The van der Waals surface area contributed by atoms with Gasteiger partial charge < -0.3 is 19.2 Å². The van der Waals surface area contributed by atoms with Crippen molar-refractivity contribution >= 4 is 11.6 Å². The van der Waals surface area contributed by atoms with Crippen molar-refractivity contribution in [2.24, 2.45) is 10.6 Å². The molecule has 0 aliphatic carbocycles. The molecule has 1 atom stereocenters. The second kappa shape index (κ2) is 8.57. The van der Waals surface area contributed by atoms with Gasteiger partial charge in [0.2, 0.25) is 12.7 Å². The topological polar surface area (TPSA) is 60.4 Å². The summed E-state index contributed by atoms with van der Waals surface area (Å²) in [6.45, 7) is 7.13. The predicted molar refractivity (Wildman–Crippen MR) is 114 cm³/mol. The number of fused-ring (bicyclic) bond motifs is 1. The van der Waals surface area contributed by atoms with Gasteiger partial charge in [-0.25, -0.2) is 4.39 Å². The summed E-state index contributed by atoms with van der Waals surface area (Å²) in [5.41, 5.74) is 2.47. The Hall–Kier alpha value is -3.09. The Morgan fingerprint density at radius 1 is 1.13 bits per heavy atom. The maximum absolute atomic E-state index is 13.3. The maximum atomic E-state index is 13.3. The molecule has 2 aromatic rings. The van der Waals surface area contributed by atoms with Gasteiger partial charge in [0.25, 0.3) is 0 Å². The second-order valence-electron chi connectivity index (χ2n) is 9.18. The first kappa shape index (κ1) is 21.2. The van der Waals surface area contributed by atoms with Crippen LogP contribution in [-0.2, 0) is 16.2 Å². The summed E-state index contributed by atoms with van der Waals surface area (Å²) >= 11 is 0. The molecule has 6 nitrogen and oxygen atoms in total. The average molecular weight is 426 g/mol. The van der Waals surface area contributed by atoms with E-state index in [-0.39, 0.29) is 30.0 Å². The van der Waals surface area contributed by atoms with Gasteiger partial charge >= 0.3 is 0 Å². The van der Waals surface area contributed by atoms with E-state index in [0.29, 0.717) is 31.7 Å². The van der Waals surface area contributed by atoms with Crippen LogP contribution in [0.5, 0.6) is 11.5 Å². The van der Waals surface area contributed by atoms with Crippen LogP contribution in [0.2, 0.25) is 0 Å². The van der Waals surface area contributed by atoms with Crippen LogP contribution in [0.25, 0.3) is 0 Å². The largest absolute Gasteiger partial charge is 0.454 e. The van der Waals surface area contributed by atoms with E-state index in [1.165, 1.54) is 12.1 Å². The zero-order valence-corrected chi connectivity index (χ0v) is 18.1.